The van der Waals surface area contributed by atoms with Gasteiger partial charge in [-0.1, -0.05) is 21.1 Å². The molecule has 0 aromatic carbocycles. The van der Waals surface area contributed by atoms with Gasteiger partial charge in [-0.25, -0.2) is 0 Å². The second kappa shape index (κ2) is 4.87. The Balaban J connectivity index is 2.15. The molecule has 0 aliphatic rings. The topological polar surface area (TPSA) is 68.0 Å². The van der Waals surface area contributed by atoms with Crippen LogP contribution in [0.1, 0.15) is 5.82 Å². The van der Waals surface area contributed by atoms with Crippen LogP contribution in [0.3, 0.4) is 0 Å². The summed E-state index contributed by atoms with van der Waals surface area (Å²) >= 11 is 3.03. The zero-order valence-corrected chi connectivity index (χ0v) is 7.87. The number of nitrogens with zero attached hydrogens (tertiary/aromatic N) is 2. The van der Waals surface area contributed by atoms with Crippen LogP contribution in [0.15, 0.2) is 10.9 Å². The molecular weight excluding hydrogens is 226 g/mol. The molecule has 0 aliphatic carbocycles. The average molecular weight is 234 g/mol. The van der Waals surface area contributed by atoms with Gasteiger partial charge in [0.1, 0.15) is 0 Å². The van der Waals surface area contributed by atoms with Crippen LogP contribution in [-0.4, -0.2) is 27.9 Å². The maximum absolute atomic E-state index is 10.7. The fraction of sp³-hybridized carbons (Fsp3) is 0.500. The summed E-state index contributed by atoms with van der Waals surface area (Å²) in [4.78, 5) is 14.5. The van der Waals surface area contributed by atoms with Crippen molar-refractivity contribution in [3.8, 4) is 0 Å². The smallest absolute Gasteiger partial charge is 0.230 e. The molecule has 0 saturated heterocycles. The molecule has 0 fully saturated rings. The highest BCUT2D eigenvalue weighted by atomic mass is 79.9. The lowest BCUT2D eigenvalue weighted by molar-refractivity contribution is -0.118. The molecule has 1 heterocycles. The summed E-state index contributed by atoms with van der Waals surface area (Å²) in [5, 5.41) is 6.57. The molecule has 6 heteroatoms. The van der Waals surface area contributed by atoms with Crippen molar-refractivity contribution in [1.29, 1.82) is 0 Å². The number of halogens is 1. The molecule has 0 spiro atoms. The predicted octanol–water partition coefficient (Wildman–Crippen LogP) is 0.123. The molecule has 0 unspecified atom stereocenters. The monoisotopic (exact) mass is 233 g/mol. The second-order valence-electron chi connectivity index (χ2n) is 2.08. The average Bonchev–Trinajstić information content (AvgIpc) is 2.57. The van der Waals surface area contributed by atoms with E-state index < -0.39 is 0 Å². The summed E-state index contributed by atoms with van der Waals surface area (Å²) in [6.07, 6.45) is 1.86. The zero-order valence-electron chi connectivity index (χ0n) is 6.29. The van der Waals surface area contributed by atoms with Crippen LogP contribution < -0.4 is 5.32 Å². The highest BCUT2D eigenvalue weighted by molar-refractivity contribution is 9.09. The summed E-state index contributed by atoms with van der Waals surface area (Å²) in [6.45, 7) is 0.532. The van der Waals surface area contributed by atoms with Crippen molar-refractivity contribution in [2.75, 3.05) is 11.9 Å². The van der Waals surface area contributed by atoms with E-state index in [9.17, 15) is 4.79 Å². The third kappa shape index (κ3) is 3.00. The normalized spacial score (nSPS) is 9.75. The molecule has 12 heavy (non-hydrogen) atoms. The van der Waals surface area contributed by atoms with Crippen LogP contribution >= 0.6 is 15.9 Å². The molecule has 1 aromatic rings. The van der Waals surface area contributed by atoms with Crippen LogP contribution in [-0.2, 0) is 11.2 Å². The molecule has 1 aromatic heterocycles. The van der Waals surface area contributed by atoms with Crippen molar-refractivity contribution in [1.82, 2.24) is 15.5 Å². The molecule has 0 saturated carbocycles. The second-order valence-corrected chi connectivity index (χ2v) is 2.64. The van der Waals surface area contributed by atoms with E-state index in [1.807, 2.05) is 0 Å². The lowest BCUT2D eigenvalue weighted by Gasteiger charge is -1.98. The molecule has 0 atom stereocenters. The van der Waals surface area contributed by atoms with E-state index in [1.165, 1.54) is 6.39 Å². The lowest BCUT2D eigenvalue weighted by atomic mass is 10.4. The third-order valence-corrected chi connectivity index (χ3v) is 1.71. The van der Waals surface area contributed by atoms with Gasteiger partial charge in [-0.15, -0.1) is 0 Å². The number of aromatic nitrogens is 2. The minimum absolute atomic E-state index is 0.0431. The molecule has 1 rings (SSSR count). The van der Waals surface area contributed by atoms with E-state index in [1.54, 1.807) is 0 Å². The summed E-state index contributed by atoms with van der Waals surface area (Å²) in [7, 11) is 0. The Kier molecular flexibility index (Phi) is 3.72. The number of amides is 1. The maximum atomic E-state index is 10.7. The number of carbonyl (C=O) groups excluding carboxylic acids is 1. The summed E-state index contributed by atoms with van der Waals surface area (Å²) in [5.74, 6) is 0.559. The highest BCUT2D eigenvalue weighted by Gasteiger charge is 1.99. The van der Waals surface area contributed by atoms with Crippen LogP contribution in [0.5, 0.6) is 0 Å². The fourth-order valence-corrected chi connectivity index (χ4v) is 0.862. The van der Waals surface area contributed by atoms with Crippen molar-refractivity contribution in [3.05, 3.63) is 12.2 Å². The van der Waals surface area contributed by atoms with E-state index >= 15 is 0 Å². The van der Waals surface area contributed by atoms with Gasteiger partial charge in [-0.3, -0.25) is 4.79 Å². The first-order valence-electron chi connectivity index (χ1n) is 3.41. The number of carbonyl (C=O) groups is 1. The maximum Gasteiger partial charge on any atom is 0.230 e. The first-order valence-corrected chi connectivity index (χ1v) is 4.53. The Hall–Kier alpha value is -0.910. The van der Waals surface area contributed by atoms with Crippen molar-refractivity contribution >= 4 is 21.8 Å². The van der Waals surface area contributed by atoms with Gasteiger partial charge >= 0.3 is 0 Å². The fourth-order valence-electron chi connectivity index (χ4n) is 0.664. The van der Waals surface area contributed by atoms with Crippen LogP contribution in [0.25, 0.3) is 0 Å². The first-order chi connectivity index (χ1) is 5.83. The summed E-state index contributed by atoms with van der Waals surface area (Å²) in [5.41, 5.74) is 0. The SMILES string of the molecule is O=C(CBr)NCCc1ncon1. The quantitative estimate of drug-likeness (QED) is 0.751. The van der Waals surface area contributed by atoms with Gasteiger partial charge in [0.25, 0.3) is 0 Å². The van der Waals surface area contributed by atoms with E-state index in [4.69, 9.17) is 0 Å². The highest BCUT2D eigenvalue weighted by Crippen LogP contribution is 1.88. The molecule has 0 bridgehead atoms. The van der Waals surface area contributed by atoms with Gasteiger partial charge in [0.2, 0.25) is 12.3 Å². The Morgan fingerprint density at radius 2 is 2.58 bits per heavy atom. The van der Waals surface area contributed by atoms with E-state index in [0.717, 1.165) is 0 Å². The number of alkyl halides is 1. The molecule has 1 N–H and O–H groups in total. The summed E-state index contributed by atoms with van der Waals surface area (Å²) in [6, 6.07) is 0. The van der Waals surface area contributed by atoms with E-state index in [-0.39, 0.29) is 5.91 Å². The minimum atomic E-state index is -0.0431. The number of hydrogen-bond donors (Lipinski definition) is 1. The molecule has 1 amide bonds. The minimum Gasteiger partial charge on any atom is -0.355 e. The Labute approximate surface area is 77.7 Å². The Morgan fingerprint density at radius 3 is 3.17 bits per heavy atom. The molecule has 5 nitrogen and oxygen atoms in total. The lowest BCUT2D eigenvalue weighted by Crippen LogP contribution is -2.26. The number of hydrogen-bond acceptors (Lipinski definition) is 4. The van der Waals surface area contributed by atoms with E-state index in [2.05, 4.69) is 35.9 Å². The van der Waals surface area contributed by atoms with Crippen molar-refractivity contribution in [2.24, 2.45) is 0 Å². The Bertz CT molecular complexity index is 237. The number of nitrogens with one attached hydrogen (secondary N) is 1. The third-order valence-electron chi connectivity index (χ3n) is 1.20. The standard InChI is InChI=1S/C6H8BrN3O2/c7-3-6(11)8-2-1-5-9-4-12-10-5/h4H,1-3H2,(H,8,11). The van der Waals surface area contributed by atoms with Gasteiger partial charge < -0.3 is 9.84 Å². The molecule has 0 radical (unpaired) electrons. The van der Waals surface area contributed by atoms with Crippen LogP contribution in [0.2, 0.25) is 0 Å². The van der Waals surface area contributed by atoms with E-state index in [0.29, 0.717) is 24.1 Å². The number of rotatable bonds is 4. The van der Waals surface area contributed by atoms with Gasteiger partial charge in [-0.2, -0.15) is 4.98 Å². The van der Waals surface area contributed by atoms with Gasteiger partial charge in [0.05, 0.1) is 5.33 Å². The molecule has 0 aliphatic heterocycles. The first kappa shape index (κ1) is 9.18. The molecule has 66 valence electrons. The Morgan fingerprint density at radius 1 is 1.75 bits per heavy atom. The van der Waals surface area contributed by atoms with Crippen molar-refractivity contribution in [3.63, 3.8) is 0 Å². The zero-order chi connectivity index (χ0) is 8.81. The van der Waals surface area contributed by atoms with Crippen molar-refractivity contribution in [2.45, 2.75) is 6.42 Å². The predicted molar refractivity (Wildman–Crippen MR) is 44.8 cm³/mol. The van der Waals surface area contributed by atoms with Crippen LogP contribution in [0.4, 0.5) is 0 Å². The van der Waals surface area contributed by atoms with Gasteiger partial charge in [0, 0.05) is 13.0 Å². The summed E-state index contributed by atoms with van der Waals surface area (Å²) < 4.78 is 4.52. The van der Waals surface area contributed by atoms with Gasteiger partial charge in [-0.05, 0) is 0 Å². The van der Waals surface area contributed by atoms with Crippen LogP contribution in [0, 0.1) is 0 Å². The van der Waals surface area contributed by atoms with Gasteiger partial charge in [0.15, 0.2) is 5.82 Å². The van der Waals surface area contributed by atoms with Crippen molar-refractivity contribution < 1.29 is 9.32 Å². The molecular formula is C6H8BrN3O2. The largest absolute Gasteiger partial charge is 0.355 e.